The Balaban J connectivity index is 2.89. The highest BCUT2D eigenvalue weighted by Gasteiger charge is 2.41. The molecule has 0 saturated carbocycles. The largest absolute Gasteiger partial charge is 0.412 e. The summed E-state index contributed by atoms with van der Waals surface area (Å²) in [6, 6.07) is 10.4. The second kappa shape index (κ2) is 10.2. The first kappa shape index (κ1) is 25.2. The minimum absolute atomic E-state index is 0.0977. The van der Waals surface area contributed by atoms with Crippen molar-refractivity contribution in [2.45, 2.75) is 85.1 Å². The first-order valence-corrected chi connectivity index (χ1v) is 17.0. The van der Waals surface area contributed by atoms with E-state index in [-0.39, 0.29) is 17.1 Å². The third kappa shape index (κ3) is 8.65. The average molecular weight is 419 g/mol. The Labute approximate surface area is 176 Å². The van der Waals surface area contributed by atoms with E-state index in [0.29, 0.717) is 19.1 Å². The van der Waals surface area contributed by atoms with Crippen LogP contribution < -0.4 is 0 Å². The fourth-order valence-corrected chi connectivity index (χ4v) is 4.80. The van der Waals surface area contributed by atoms with Crippen LogP contribution in [0, 0.1) is 23.3 Å². The van der Waals surface area contributed by atoms with Crippen LogP contribution in [0.1, 0.15) is 40.2 Å². The molecule has 3 atom stereocenters. The Hall–Kier alpha value is -0.866. The number of benzene rings is 1. The maximum atomic E-state index is 6.87. The number of rotatable bonds is 8. The van der Waals surface area contributed by atoms with E-state index in [9.17, 15) is 0 Å². The van der Waals surface area contributed by atoms with Gasteiger partial charge in [-0.05, 0) is 30.6 Å². The van der Waals surface area contributed by atoms with E-state index >= 15 is 0 Å². The van der Waals surface area contributed by atoms with Crippen LogP contribution in [-0.2, 0) is 15.8 Å². The predicted octanol–water partition coefficient (Wildman–Crippen LogP) is 6.75. The van der Waals surface area contributed by atoms with E-state index in [2.05, 4.69) is 103 Å². The van der Waals surface area contributed by atoms with Gasteiger partial charge in [0.25, 0.3) is 0 Å². The Bertz CT molecular complexity index is 645. The van der Waals surface area contributed by atoms with Crippen molar-refractivity contribution in [3.05, 3.63) is 35.9 Å². The van der Waals surface area contributed by atoms with Gasteiger partial charge in [-0.25, -0.2) is 0 Å². The molecule has 0 radical (unpaired) electrons. The van der Waals surface area contributed by atoms with Crippen LogP contribution in [0.3, 0.4) is 0 Å². The smallest absolute Gasteiger partial charge is 0.192 e. The molecule has 1 rings (SSSR count). The molecule has 0 aliphatic carbocycles. The van der Waals surface area contributed by atoms with Crippen LogP contribution >= 0.6 is 0 Å². The van der Waals surface area contributed by atoms with E-state index in [1.165, 1.54) is 5.56 Å². The molecule has 0 heterocycles. The van der Waals surface area contributed by atoms with Crippen molar-refractivity contribution in [2.24, 2.45) is 11.8 Å². The Kier molecular flexibility index (Phi) is 9.21. The summed E-state index contributed by atoms with van der Waals surface area (Å²) in [5.74, 6) is 4.04. The maximum absolute atomic E-state index is 6.87. The summed E-state index contributed by atoms with van der Waals surface area (Å²) in [7, 11) is -3.29. The van der Waals surface area contributed by atoms with Crippen LogP contribution in [0.2, 0.25) is 37.8 Å². The maximum Gasteiger partial charge on any atom is 0.192 e. The Morgan fingerprint density at radius 2 is 1.54 bits per heavy atom. The fraction of sp³-hybridized carbons (Fsp3) is 0.667. The van der Waals surface area contributed by atoms with E-state index in [4.69, 9.17) is 9.16 Å². The molecule has 28 heavy (non-hydrogen) atoms. The SMILES string of the molecule is C[C@@H](C#C[Si](C)(C)C)[C@H](O[Si](C)(C)C(C)(C)C)[C@@H](C)COCc1ccccc1. The zero-order chi connectivity index (χ0) is 21.6. The van der Waals surface area contributed by atoms with E-state index in [0.717, 1.165) is 0 Å². The summed E-state index contributed by atoms with van der Waals surface area (Å²) in [4.78, 5) is 0. The molecule has 0 unspecified atom stereocenters. The first-order chi connectivity index (χ1) is 12.7. The molecule has 2 nitrogen and oxygen atoms in total. The van der Waals surface area contributed by atoms with Crippen LogP contribution in [0.15, 0.2) is 30.3 Å². The van der Waals surface area contributed by atoms with Gasteiger partial charge in [0.15, 0.2) is 8.32 Å². The Morgan fingerprint density at radius 1 is 0.964 bits per heavy atom. The van der Waals surface area contributed by atoms with Gasteiger partial charge < -0.3 is 9.16 Å². The molecule has 0 aliphatic heterocycles. The van der Waals surface area contributed by atoms with Crippen molar-refractivity contribution < 1.29 is 9.16 Å². The van der Waals surface area contributed by atoms with Gasteiger partial charge in [-0.15, -0.1) is 11.5 Å². The van der Waals surface area contributed by atoms with Gasteiger partial charge in [0, 0.05) is 11.8 Å². The van der Waals surface area contributed by atoms with Gasteiger partial charge in [0.2, 0.25) is 0 Å². The van der Waals surface area contributed by atoms with Gasteiger partial charge in [-0.1, -0.05) is 77.7 Å². The third-order valence-corrected chi connectivity index (χ3v) is 10.8. The molecule has 158 valence electrons. The van der Waals surface area contributed by atoms with Crippen LogP contribution in [0.25, 0.3) is 0 Å². The molecular formula is C24H42O2Si2. The van der Waals surface area contributed by atoms with Gasteiger partial charge in [-0.3, -0.25) is 0 Å². The van der Waals surface area contributed by atoms with E-state index in [1.54, 1.807) is 0 Å². The fourth-order valence-electron chi connectivity index (χ4n) is 2.67. The minimum atomic E-state index is -1.88. The molecule has 0 fully saturated rings. The molecule has 0 saturated heterocycles. The summed E-state index contributed by atoms with van der Waals surface area (Å²) >= 11 is 0. The normalized spacial score (nSPS) is 16.1. The number of hydrogen-bond acceptors (Lipinski definition) is 2. The molecule has 4 heteroatoms. The summed E-state index contributed by atoms with van der Waals surface area (Å²) < 4.78 is 12.9. The van der Waals surface area contributed by atoms with Crippen molar-refractivity contribution in [1.29, 1.82) is 0 Å². The monoisotopic (exact) mass is 418 g/mol. The van der Waals surface area contributed by atoms with Crippen molar-refractivity contribution in [1.82, 2.24) is 0 Å². The zero-order valence-electron chi connectivity index (χ0n) is 19.8. The lowest BCUT2D eigenvalue weighted by atomic mass is 9.95. The lowest BCUT2D eigenvalue weighted by Gasteiger charge is -2.42. The summed E-state index contributed by atoms with van der Waals surface area (Å²) in [5.41, 5.74) is 4.76. The highest BCUT2D eigenvalue weighted by molar-refractivity contribution is 6.83. The average Bonchev–Trinajstić information content (AvgIpc) is 2.56. The predicted molar refractivity (Wildman–Crippen MR) is 128 cm³/mol. The van der Waals surface area contributed by atoms with E-state index < -0.39 is 16.4 Å². The minimum Gasteiger partial charge on any atom is -0.412 e. The van der Waals surface area contributed by atoms with Crippen LogP contribution in [-0.4, -0.2) is 29.1 Å². The van der Waals surface area contributed by atoms with Crippen molar-refractivity contribution in [3.63, 3.8) is 0 Å². The number of ether oxygens (including phenoxy) is 1. The molecule has 0 N–H and O–H groups in total. The lowest BCUT2D eigenvalue weighted by Crippen LogP contribution is -2.48. The highest BCUT2D eigenvalue weighted by Crippen LogP contribution is 2.39. The second-order valence-electron chi connectivity index (χ2n) is 10.6. The summed E-state index contributed by atoms with van der Waals surface area (Å²) in [5, 5.41) is 0.182. The molecule has 0 amide bonds. The van der Waals surface area contributed by atoms with Gasteiger partial charge in [0.1, 0.15) is 8.07 Å². The molecule has 0 bridgehead atoms. The second-order valence-corrected chi connectivity index (χ2v) is 20.1. The molecule has 0 spiro atoms. The molecule has 0 aromatic heterocycles. The van der Waals surface area contributed by atoms with Crippen LogP contribution in [0.4, 0.5) is 0 Å². The van der Waals surface area contributed by atoms with Crippen molar-refractivity contribution in [3.8, 4) is 11.5 Å². The topological polar surface area (TPSA) is 18.5 Å². The van der Waals surface area contributed by atoms with Crippen LogP contribution in [0.5, 0.6) is 0 Å². The lowest BCUT2D eigenvalue weighted by molar-refractivity contribution is 0.0210. The summed E-state index contributed by atoms with van der Waals surface area (Å²) in [6.07, 6.45) is 0.0977. The molecule has 0 aliphatic rings. The Morgan fingerprint density at radius 3 is 2.04 bits per heavy atom. The van der Waals surface area contributed by atoms with Gasteiger partial charge in [-0.2, -0.15) is 0 Å². The first-order valence-electron chi connectivity index (χ1n) is 10.5. The molecule has 1 aromatic carbocycles. The van der Waals surface area contributed by atoms with Crippen molar-refractivity contribution in [2.75, 3.05) is 6.61 Å². The highest BCUT2D eigenvalue weighted by atomic mass is 28.4. The van der Waals surface area contributed by atoms with Gasteiger partial charge >= 0.3 is 0 Å². The zero-order valence-corrected chi connectivity index (χ0v) is 21.8. The third-order valence-electron chi connectivity index (χ3n) is 5.46. The quantitative estimate of drug-likeness (QED) is 0.343. The van der Waals surface area contributed by atoms with Crippen molar-refractivity contribution >= 4 is 16.4 Å². The standard InChI is InChI=1S/C24H42O2Si2/c1-20(16-17-27(6,7)8)23(26-28(9,10)24(3,4)5)21(2)18-25-19-22-14-12-11-13-15-22/h11-15,20-21,23H,18-19H2,1-10H3/t20-,21-,23-/m0/s1. The van der Waals surface area contributed by atoms with E-state index in [1.807, 2.05) is 6.07 Å². The summed E-state index contributed by atoms with van der Waals surface area (Å²) in [6.45, 7) is 24.2. The molecule has 1 aromatic rings. The van der Waals surface area contributed by atoms with Gasteiger partial charge in [0.05, 0.1) is 19.3 Å². The number of hydrogen-bond donors (Lipinski definition) is 0. The molecular weight excluding hydrogens is 376 g/mol.